The van der Waals surface area contributed by atoms with Crippen molar-refractivity contribution in [3.8, 4) is 16.9 Å². The Morgan fingerprint density at radius 2 is 1.76 bits per heavy atom. The van der Waals surface area contributed by atoms with Crippen molar-refractivity contribution in [2.75, 3.05) is 18.5 Å². The summed E-state index contributed by atoms with van der Waals surface area (Å²) in [6, 6.07) is 14.5. The molecule has 0 spiro atoms. The summed E-state index contributed by atoms with van der Waals surface area (Å²) in [7, 11) is 0. The first-order chi connectivity index (χ1) is 12.2. The average Bonchev–Trinajstić information content (AvgIpc) is 2.62. The molecule has 25 heavy (non-hydrogen) atoms. The Morgan fingerprint density at radius 1 is 1.00 bits per heavy atom. The summed E-state index contributed by atoms with van der Waals surface area (Å²) in [5.41, 5.74) is 3.26. The fourth-order valence-corrected chi connectivity index (χ4v) is 2.77. The van der Waals surface area contributed by atoms with E-state index in [1.165, 1.54) is 0 Å². The van der Waals surface area contributed by atoms with Crippen molar-refractivity contribution < 1.29 is 4.74 Å². The van der Waals surface area contributed by atoms with Gasteiger partial charge < -0.3 is 10.1 Å². The van der Waals surface area contributed by atoms with E-state index in [1.807, 2.05) is 19.1 Å². The van der Waals surface area contributed by atoms with Crippen LogP contribution in [0.1, 0.15) is 27.2 Å². The number of rotatable bonds is 7. The summed E-state index contributed by atoms with van der Waals surface area (Å²) in [4.78, 5) is 8.82. The molecule has 4 nitrogen and oxygen atoms in total. The van der Waals surface area contributed by atoms with E-state index >= 15 is 0 Å². The van der Waals surface area contributed by atoms with E-state index in [-0.39, 0.29) is 0 Å². The van der Waals surface area contributed by atoms with Crippen LogP contribution in [-0.4, -0.2) is 23.1 Å². The fourth-order valence-electron chi connectivity index (χ4n) is 2.77. The Balaban J connectivity index is 1.89. The van der Waals surface area contributed by atoms with Gasteiger partial charge in [-0.15, -0.1) is 0 Å². The van der Waals surface area contributed by atoms with Gasteiger partial charge in [0.15, 0.2) is 0 Å². The third-order valence-electron chi connectivity index (χ3n) is 4.15. The summed E-state index contributed by atoms with van der Waals surface area (Å²) >= 11 is 0. The van der Waals surface area contributed by atoms with Crippen molar-refractivity contribution in [1.82, 2.24) is 9.97 Å². The molecule has 2 aromatic carbocycles. The summed E-state index contributed by atoms with van der Waals surface area (Å²) in [5, 5.41) is 4.51. The lowest BCUT2D eigenvalue weighted by Gasteiger charge is -2.11. The van der Waals surface area contributed by atoms with Gasteiger partial charge in [0.25, 0.3) is 0 Å². The predicted molar refractivity (Wildman–Crippen MR) is 104 cm³/mol. The van der Waals surface area contributed by atoms with Crippen LogP contribution < -0.4 is 10.1 Å². The van der Waals surface area contributed by atoms with Gasteiger partial charge in [-0.25, -0.2) is 9.97 Å². The zero-order valence-corrected chi connectivity index (χ0v) is 15.1. The van der Waals surface area contributed by atoms with Crippen LogP contribution in [0.15, 0.2) is 48.8 Å². The average molecular weight is 335 g/mol. The molecular weight excluding hydrogens is 310 g/mol. The molecule has 1 heterocycles. The van der Waals surface area contributed by atoms with Crippen LogP contribution in [0, 0.1) is 5.92 Å². The molecule has 0 unspecified atom stereocenters. The lowest BCUT2D eigenvalue weighted by molar-refractivity contribution is 0.340. The lowest BCUT2D eigenvalue weighted by Crippen LogP contribution is -2.06. The molecule has 0 fully saturated rings. The molecule has 0 saturated heterocycles. The molecule has 1 N–H and O–H groups in total. The highest BCUT2D eigenvalue weighted by Gasteiger charge is 2.07. The molecule has 130 valence electrons. The second-order valence-electron chi connectivity index (χ2n) is 6.52. The number of hydrogen-bond acceptors (Lipinski definition) is 4. The lowest BCUT2D eigenvalue weighted by atomic mass is 10.0. The SMILES string of the molecule is CCOc1ccc(-c2ccc3ncnc(NCCC(C)C)c3c2)cc1. The van der Waals surface area contributed by atoms with Gasteiger partial charge in [0.1, 0.15) is 17.9 Å². The number of nitrogens with zero attached hydrogens (tertiary/aromatic N) is 2. The van der Waals surface area contributed by atoms with Crippen molar-refractivity contribution in [3.63, 3.8) is 0 Å². The molecule has 4 heteroatoms. The number of benzene rings is 2. The van der Waals surface area contributed by atoms with Crippen LogP contribution in [0.5, 0.6) is 5.75 Å². The first-order valence-corrected chi connectivity index (χ1v) is 8.89. The van der Waals surface area contributed by atoms with Gasteiger partial charge in [0.2, 0.25) is 0 Å². The van der Waals surface area contributed by atoms with E-state index in [1.54, 1.807) is 6.33 Å². The topological polar surface area (TPSA) is 47.0 Å². The second kappa shape index (κ2) is 7.97. The standard InChI is InChI=1S/C21H25N3O/c1-4-25-18-8-5-16(6-9-18)17-7-10-20-19(13-17)21(24-14-23-20)22-12-11-15(2)3/h5-10,13-15H,4,11-12H2,1-3H3,(H,22,23,24). The Hall–Kier alpha value is -2.62. The Morgan fingerprint density at radius 3 is 2.48 bits per heavy atom. The molecule has 0 aliphatic carbocycles. The minimum atomic E-state index is 0.667. The Kier molecular flexibility index (Phi) is 5.49. The van der Waals surface area contributed by atoms with Crippen LogP contribution in [0.4, 0.5) is 5.82 Å². The molecule has 0 atom stereocenters. The summed E-state index contributed by atoms with van der Waals surface area (Å²) in [5.74, 6) is 2.46. The van der Waals surface area contributed by atoms with Crippen LogP contribution in [0.2, 0.25) is 0 Å². The van der Waals surface area contributed by atoms with Gasteiger partial charge in [0.05, 0.1) is 12.1 Å². The number of hydrogen-bond donors (Lipinski definition) is 1. The second-order valence-corrected chi connectivity index (χ2v) is 6.52. The molecule has 0 saturated carbocycles. The first kappa shape index (κ1) is 17.2. The quantitative estimate of drug-likeness (QED) is 0.648. The van der Waals surface area contributed by atoms with Crippen molar-refractivity contribution in [3.05, 3.63) is 48.8 Å². The third kappa shape index (κ3) is 4.27. The molecule has 0 bridgehead atoms. The molecule has 0 aliphatic rings. The Labute approximate surface area is 149 Å². The Bertz CT molecular complexity index is 828. The van der Waals surface area contributed by atoms with E-state index in [0.717, 1.165) is 46.6 Å². The van der Waals surface area contributed by atoms with Gasteiger partial charge in [-0.2, -0.15) is 0 Å². The summed E-state index contributed by atoms with van der Waals surface area (Å²) in [6.07, 6.45) is 2.74. The minimum Gasteiger partial charge on any atom is -0.494 e. The number of anilines is 1. The van der Waals surface area contributed by atoms with Crippen molar-refractivity contribution in [1.29, 1.82) is 0 Å². The number of nitrogens with one attached hydrogen (secondary N) is 1. The highest BCUT2D eigenvalue weighted by Crippen LogP contribution is 2.28. The maximum atomic E-state index is 5.52. The monoisotopic (exact) mass is 335 g/mol. The molecule has 3 rings (SSSR count). The van der Waals surface area contributed by atoms with Gasteiger partial charge in [-0.3, -0.25) is 0 Å². The van der Waals surface area contributed by atoms with Gasteiger partial charge in [-0.05, 0) is 54.7 Å². The number of fused-ring (bicyclic) bond motifs is 1. The largest absolute Gasteiger partial charge is 0.494 e. The smallest absolute Gasteiger partial charge is 0.137 e. The van der Waals surface area contributed by atoms with E-state index in [0.29, 0.717) is 12.5 Å². The van der Waals surface area contributed by atoms with Gasteiger partial charge in [-0.1, -0.05) is 32.0 Å². The highest BCUT2D eigenvalue weighted by atomic mass is 16.5. The maximum Gasteiger partial charge on any atom is 0.137 e. The summed E-state index contributed by atoms with van der Waals surface area (Å²) in [6.45, 7) is 8.04. The van der Waals surface area contributed by atoms with Crippen LogP contribution in [-0.2, 0) is 0 Å². The first-order valence-electron chi connectivity index (χ1n) is 8.89. The van der Waals surface area contributed by atoms with E-state index in [9.17, 15) is 0 Å². The van der Waals surface area contributed by atoms with E-state index in [4.69, 9.17) is 4.74 Å². The number of ether oxygens (including phenoxy) is 1. The van der Waals surface area contributed by atoms with Gasteiger partial charge in [0, 0.05) is 11.9 Å². The maximum absolute atomic E-state index is 5.52. The predicted octanol–water partition coefficient (Wildman–Crippen LogP) is 5.15. The van der Waals surface area contributed by atoms with E-state index in [2.05, 4.69) is 59.5 Å². The normalized spacial score (nSPS) is 11.0. The van der Waals surface area contributed by atoms with E-state index < -0.39 is 0 Å². The molecule has 0 amide bonds. The fraction of sp³-hybridized carbons (Fsp3) is 0.333. The summed E-state index contributed by atoms with van der Waals surface area (Å²) < 4.78 is 5.52. The zero-order chi connectivity index (χ0) is 17.6. The zero-order valence-electron chi connectivity index (χ0n) is 15.1. The molecule has 0 radical (unpaired) electrons. The van der Waals surface area contributed by atoms with Crippen LogP contribution >= 0.6 is 0 Å². The number of aromatic nitrogens is 2. The molecular formula is C21H25N3O. The highest BCUT2D eigenvalue weighted by molar-refractivity contribution is 5.92. The third-order valence-corrected chi connectivity index (χ3v) is 4.15. The molecule has 0 aliphatic heterocycles. The van der Waals surface area contributed by atoms with Crippen LogP contribution in [0.3, 0.4) is 0 Å². The van der Waals surface area contributed by atoms with Crippen molar-refractivity contribution in [2.45, 2.75) is 27.2 Å². The van der Waals surface area contributed by atoms with Crippen molar-refractivity contribution >= 4 is 16.7 Å². The molecule has 3 aromatic rings. The minimum absolute atomic E-state index is 0.667. The van der Waals surface area contributed by atoms with Crippen molar-refractivity contribution in [2.24, 2.45) is 5.92 Å². The van der Waals surface area contributed by atoms with Crippen LogP contribution in [0.25, 0.3) is 22.0 Å². The van der Waals surface area contributed by atoms with Gasteiger partial charge >= 0.3 is 0 Å². The molecule has 1 aromatic heterocycles.